The molecular formula is C19H19N3OS. The van der Waals surface area contributed by atoms with Gasteiger partial charge in [0.2, 0.25) is 5.91 Å². The molecule has 4 nitrogen and oxygen atoms in total. The quantitative estimate of drug-likeness (QED) is 0.686. The SMILES string of the molecule is Cc1cccc(C[C@H]2S/C(=N/N=Cc3ccccc3C)NC2=O)c1. The van der Waals surface area contributed by atoms with Crippen LogP contribution >= 0.6 is 11.8 Å². The van der Waals surface area contributed by atoms with E-state index in [2.05, 4.69) is 34.6 Å². The number of amides is 1. The van der Waals surface area contributed by atoms with Crippen LogP contribution in [-0.2, 0) is 11.2 Å². The Balaban J connectivity index is 1.65. The van der Waals surface area contributed by atoms with Gasteiger partial charge in [0.25, 0.3) is 0 Å². The van der Waals surface area contributed by atoms with E-state index in [-0.39, 0.29) is 11.2 Å². The Morgan fingerprint density at radius 2 is 2.00 bits per heavy atom. The molecule has 122 valence electrons. The molecule has 1 amide bonds. The predicted molar refractivity (Wildman–Crippen MR) is 101 cm³/mol. The lowest BCUT2D eigenvalue weighted by atomic mass is 10.1. The monoisotopic (exact) mass is 337 g/mol. The molecular weight excluding hydrogens is 318 g/mol. The molecule has 1 aliphatic heterocycles. The lowest BCUT2D eigenvalue weighted by Crippen LogP contribution is -2.25. The normalized spacial score (nSPS) is 19.2. The molecule has 1 atom stereocenters. The predicted octanol–water partition coefficient (Wildman–Crippen LogP) is 3.47. The fraction of sp³-hybridized carbons (Fsp3) is 0.211. The molecule has 1 heterocycles. The summed E-state index contributed by atoms with van der Waals surface area (Å²) in [5.74, 6) is -0.00801. The number of carbonyl (C=O) groups is 1. The molecule has 0 spiro atoms. The zero-order chi connectivity index (χ0) is 16.9. The summed E-state index contributed by atoms with van der Waals surface area (Å²) >= 11 is 1.43. The van der Waals surface area contributed by atoms with Crippen molar-refractivity contribution in [3.05, 3.63) is 70.8 Å². The number of thioether (sulfide) groups is 1. The molecule has 24 heavy (non-hydrogen) atoms. The van der Waals surface area contributed by atoms with Crippen LogP contribution in [0.25, 0.3) is 0 Å². The number of hydrogen-bond acceptors (Lipinski definition) is 4. The van der Waals surface area contributed by atoms with E-state index in [1.165, 1.54) is 17.3 Å². The van der Waals surface area contributed by atoms with Crippen LogP contribution in [0.3, 0.4) is 0 Å². The summed E-state index contributed by atoms with van der Waals surface area (Å²) in [7, 11) is 0. The second-order valence-electron chi connectivity index (χ2n) is 5.80. The van der Waals surface area contributed by atoms with Gasteiger partial charge >= 0.3 is 0 Å². The van der Waals surface area contributed by atoms with Crippen LogP contribution < -0.4 is 5.32 Å². The molecule has 0 aromatic heterocycles. The molecule has 1 saturated heterocycles. The number of rotatable bonds is 4. The van der Waals surface area contributed by atoms with Gasteiger partial charge in [-0.25, -0.2) is 0 Å². The minimum Gasteiger partial charge on any atom is -0.303 e. The number of nitrogens with one attached hydrogen (secondary N) is 1. The van der Waals surface area contributed by atoms with E-state index in [0.717, 1.165) is 16.7 Å². The van der Waals surface area contributed by atoms with Crippen LogP contribution in [0, 0.1) is 13.8 Å². The maximum atomic E-state index is 12.1. The van der Waals surface area contributed by atoms with Crippen molar-refractivity contribution in [2.24, 2.45) is 10.2 Å². The fourth-order valence-corrected chi connectivity index (χ4v) is 3.48. The minimum absolute atomic E-state index is 0.00801. The zero-order valence-corrected chi connectivity index (χ0v) is 14.5. The van der Waals surface area contributed by atoms with Crippen LogP contribution in [0.15, 0.2) is 58.7 Å². The third kappa shape index (κ3) is 4.11. The molecule has 0 aliphatic carbocycles. The van der Waals surface area contributed by atoms with Crippen LogP contribution in [0.1, 0.15) is 22.3 Å². The lowest BCUT2D eigenvalue weighted by molar-refractivity contribution is -0.118. The highest BCUT2D eigenvalue weighted by atomic mass is 32.2. The van der Waals surface area contributed by atoms with Crippen molar-refractivity contribution in [3.8, 4) is 0 Å². The van der Waals surface area contributed by atoms with E-state index < -0.39 is 0 Å². The highest BCUT2D eigenvalue weighted by Crippen LogP contribution is 2.23. The van der Waals surface area contributed by atoms with Gasteiger partial charge in [0.1, 0.15) is 0 Å². The van der Waals surface area contributed by atoms with Crippen LogP contribution in [0.2, 0.25) is 0 Å². The van der Waals surface area contributed by atoms with Crippen molar-refractivity contribution in [3.63, 3.8) is 0 Å². The van der Waals surface area contributed by atoms with Gasteiger partial charge in [-0.05, 0) is 37.0 Å². The first-order valence-corrected chi connectivity index (χ1v) is 8.69. The summed E-state index contributed by atoms with van der Waals surface area (Å²) < 4.78 is 0. The second-order valence-corrected chi connectivity index (χ2v) is 6.99. The van der Waals surface area contributed by atoms with Gasteiger partial charge in [-0.2, -0.15) is 5.10 Å². The average Bonchev–Trinajstić information content (AvgIpc) is 2.89. The number of benzene rings is 2. The Labute approximate surface area is 146 Å². The van der Waals surface area contributed by atoms with Gasteiger partial charge in [-0.3, -0.25) is 4.79 Å². The Hall–Kier alpha value is -2.40. The number of nitrogens with zero attached hydrogens (tertiary/aromatic N) is 2. The number of amidine groups is 1. The third-order valence-corrected chi connectivity index (χ3v) is 4.89. The van der Waals surface area contributed by atoms with E-state index in [4.69, 9.17) is 0 Å². The third-order valence-electron chi connectivity index (χ3n) is 3.81. The van der Waals surface area contributed by atoms with E-state index in [1.807, 2.05) is 43.3 Å². The van der Waals surface area contributed by atoms with Crippen molar-refractivity contribution in [2.45, 2.75) is 25.5 Å². The summed E-state index contributed by atoms with van der Waals surface area (Å²) in [6.45, 7) is 4.08. The molecule has 1 N–H and O–H groups in total. The largest absolute Gasteiger partial charge is 0.303 e. The molecule has 0 bridgehead atoms. The van der Waals surface area contributed by atoms with Crippen LogP contribution in [0.4, 0.5) is 0 Å². The smallest absolute Gasteiger partial charge is 0.239 e. The molecule has 1 fully saturated rings. The van der Waals surface area contributed by atoms with Gasteiger partial charge in [0.05, 0.1) is 11.5 Å². The number of aryl methyl sites for hydroxylation is 2. The summed E-state index contributed by atoms with van der Waals surface area (Å²) in [4.78, 5) is 12.1. The molecule has 1 aliphatic rings. The highest BCUT2D eigenvalue weighted by molar-refractivity contribution is 8.15. The molecule has 0 radical (unpaired) electrons. The fourth-order valence-electron chi connectivity index (χ4n) is 2.51. The zero-order valence-electron chi connectivity index (χ0n) is 13.7. The average molecular weight is 337 g/mol. The lowest BCUT2D eigenvalue weighted by Gasteiger charge is -2.05. The van der Waals surface area contributed by atoms with Crippen LogP contribution in [-0.4, -0.2) is 22.5 Å². The molecule has 0 unspecified atom stereocenters. The molecule has 3 rings (SSSR count). The summed E-state index contributed by atoms with van der Waals surface area (Å²) in [6.07, 6.45) is 2.40. The van der Waals surface area contributed by atoms with Crippen molar-refractivity contribution in [1.82, 2.24) is 5.32 Å². The Morgan fingerprint density at radius 3 is 2.79 bits per heavy atom. The van der Waals surface area contributed by atoms with Crippen molar-refractivity contribution in [2.75, 3.05) is 0 Å². The van der Waals surface area contributed by atoms with Crippen molar-refractivity contribution < 1.29 is 4.79 Å². The van der Waals surface area contributed by atoms with Gasteiger partial charge in [0, 0.05) is 0 Å². The van der Waals surface area contributed by atoms with E-state index in [1.54, 1.807) is 6.21 Å². The summed E-state index contributed by atoms with van der Waals surface area (Å²) in [5.41, 5.74) is 4.52. The summed E-state index contributed by atoms with van der Waals surface area (Å²) in [5, 5.41) is 11.4. The van der Waals surface area contributed by atoms with Gasteiger partial charge in [-0.1, -0.05) is 65.9 Å². The summed E-state index contributed by atoms with van der Waals surface area (Å²) in [6, 6.07) is 16.2. The van der Waals surface area contributed by atoms with Gasteiger partial charge < -0.3 is 5.32 Å². The molecule has 5 heteroatoms. The number of hydrogen-bond donors (Lipinski definition) is 1. The highest BCUT2D eigenvalue weighted by Gasteiger charge is 2.30. The Morgan fingerprint density at radius 1 is 1.17 bits per heavy atom. The van der Waals surface area contributed by atoms with E-state index in [9.17, 15) is 4.79 Å². The van der Waals surface area contributed by atoms with Crippen LogP contribution in [0.5, 0.6) is 0 Å². The van der Waals surface area contributed by atoms with E-state index in [0.29, 0.717) is 11.6 Å². The first kappa shape index (κ1) is 16.5. The van der Waals surface area contributed by atoms with Gasteiger partial charge in [-0.15, -0.1) is 5.10 Å². The van der Waals surface area contributed by atoms with Crippen molar-refractivity contribution in [1.29, 1.82) is 0 Å². The maximum absolute atomic E-state index is 12.1. The Kier molecular flexibility index (Phi) is 5.11. The van der Waals surface area contributed by atoms with Gasteiger partial charge in [0.15, 0.2) is 5.17 Å². The Bertz CT molecular complexity index is 814. The second kappa shape index (κ2) is 7.45. The molecule has 0 saturated carbocycles. The number of carbonyl (C=O) groups excluding carboxylic acids is 1. The van der Waals surface area contributed by atoms with Crippen molar-refractivity contribution >= 4 is 29.1 Å². The first-order chi connectivity index (χ1) is 11.6. The maximum Gasteiger partial charge on any atom is 0.239 e. The topological polar surface area (TPSA) is 53.8 Å². The van der Waals surface area contributed by atoms with E-state index >= 15 is 0 Å². The minimum atomic E-state index is -0.154. The molecule has 2 aromatic rings. The standard InChI is InChI=1S/C19H19N3OS/c1-13-6-5-8-15(10-13)11-17-18(23)21-19(24-17)22-20-12-16-9-4-3-7-14(16)2/h3-10,12,17H,11H2,1-2H3,(H,21,22,23)/t17-/m1/s1. The first-order valence-electron chi connectivity index (χ1n) is 7.81. The molecule has 2 aromatic carbocycles.